The molecule has 0 saturated carbocycles. The average molecular weight is 328 g/mol. The number of carbonyl (C=O) groups is 2. The molecule has 0 aliphatic rings. The van der Waals surface area contributed by atoms with Crippen molar-refractivity contribution in [2.45, 2.75) is 27.2 Å². The zero-order valence-electron chi connectivity index (χ0n) is 13.9. The number of aromatic carboxylic acids is 1. The molecule has 0 heterocycles. The maximum atomic E-state index is 12.4. The van der Waals surface area contributed by atoms with Gasteiger partial charge < -0.3 is 14.9 Å². The van der Waals surface area contributed by atoms with Crippen LogP contribution in [-0.2, 0) is 6.42 Å². The summed E-state index contributed by atoms with van der Waals surface area (Å²) in [6.45, 7) is 5.68. The third kappa shape index (κ3) is 3.74. The van der Waals surface area contributed by atoms with Crippen LogP contribution in [0.3, 0.4) is 0 Å². The van der Waals surface area contributed by atoms with Gasteiger partial charge in [-0.1, -0.05) is 38.1 Å². The highest BCUT2D eigenvalue weighted by Gasteiger charge is 2.21. The Hall–Kier alpha value is -2.82. The number of ether oxygens (including phenoxy) is 1. The first-order chi connectivity index (χ1) is 11.3. The highest BCUT2D eigenvalue weighted by Crippen LogP contribution is 2.29. The van der Waals surface area contributed by atoms with Crippen LogP contribution in [0, 0.1) is 12.8 Å². The molecule has 0 aliphatic heterocycles. The number of benzene rings is 2. The first-order valence-electron chi connectivity index (χ1n) is 7.67. The molecule has 0 spiro atoms. The number of carbonyl (C=O) groups excluding carboxylic acids is 1. The molecule has 0 unspecified atom stereocenters. The number of carboxylic acids is 1. The van der Waals surface area contributed by atoms with Gasteiger partial charge in [-0.15, -0.1) is 0 Å². The summed E-state index contributed by atoms with van der Waals surface area (Å²) in [6, 6.07) is 9.49. The smallest absolute Gasteiger partial charge is 0.347 e. The summed E-state index contributed by atoms with van der Waals surface area (Å²) in [7, 11) is 0. The molecule has 126 valence electrons. The van der Waals surface area contributed by atoms with E-state index in [-0.39, 0.29) is 22.6 Å². The third-order valence-corrected chi connectivity index (χ3v) is 3.60. The van der Waals surface area contributed by atoms with Crippen LogP contribution in [0.5, 0.6) is 11.5 Å². The Morgan fingerprint density at radius 3 is 2.33 bits per heavy atom. The number of rotatable bonds is 5. The van der Waals surface area contributed by atoms with Gasteiger partial charge in [-0.05, 0) is 42.5 Å². The number of esters is 1. The molecule has 0 fully saturated rings. The minimum absolute atomic E-state index is 0.0105. The summed E-state index contributed by atoms with van der Waals surface area (Å²) < 4.78 is 5.28. The Kier molecular flexibility index (Phi) is 5.24. The van der Waals surface area contributed by atoms with Crippen LogP contribution in [0.2, 0.25) is 0 Å². The lowest BCUT2D eigenvalue weighted by Crippen LogP contribution is -2.13. The Labute approximate surface area is 140 Å². The Bertz CT molecular complexity index is 777. The van der Waals surface area contributed by atoms with E-state index in [1.807, 2.05) is 13.8 Å². The molecule has 0 aromatic heterocycles. The van der Waals surface area contributed by atoms with E-state index in [1.165, 1.54) is 12.1 Å². The minimum atomic E-state index is -1.18. The summed E-state index contributed by atoms with van der Waals surface area (Å²) in [5, 5.41) is 19.5. The summed E-state index contributed by atoms with van der Waals surface area (Å²) >= 11 is 0. The van der Waals surface area contributed by atoms with Gasteiger partial charge in [-0.3, -0.25) is 0 Å². The second-order valence-electron chi connectivity index (χ2n) is 6.06. The van der Waals surface area contributed by atoms with E-state index in [4.69, 9.17) is 4.74 Å². The van der Waals surface area contributed by atoms with Gasteiger partial charge in [0.1, 0.15) is 22.6 Å². The number of hydrogen-bond acceptors (Lipinski definition) is 4. The van der Waals surface area contributed by atoms with Gasteiger partial charge in [-0.25, -0.2) is 9.59 Å². The molecular weight excluding hydrogens is 308 g/mol. The minimum Gasteiger partial charge on any atom is -0.507 e. The molecule has 0 saturated heterocycles. The molecule has 0 aliphatic carbocycles. The van der Waals surface area contributed by atoms with E-state index in [0.717, 1.165) is 0 Å². The summed E-state index contributed by atoms with van der Waals surface area (Å²) in [5.41, 5.74) is 1.11. The molecule has 0 amide bonds. The highest BCUT2D eigenvalue weighted by atomic mass is 16.5. The number of hydrogen-bond donors (Lipinski definition) is 2. The number of para-hydroxylation sites is 2. The second kappa shape index (κ2) is 7.17. The lowest BCUT2D eigenvalue weighted by Gasteiger charge is -2.13. The molecule has 2 aromatic carbocycles. The van der Waals surface area contributed by atoms with Gasteiger partial charge in [0.2, 0.25) is 0 Å². The van der Waals surface area contributed by atoms with Gasteiger partial charge in [0.05, 0.1) is 0 Å². The van der Waals surface area contributed by atoms with Crippen LogP contribution in [0.4, 0.5) is 0 Å². The number of phenols is 1. The van der Waals surface area contributed by atoms with Gasteiger partial charge >= 0.3 is 11.9 Å². The fraction of sp³-hybridized carbons (Fsp3) is 0.263. The topological polar surface area (TPSA) is 83.8 Å². The van der Waals surface area contributed by atoms with Gasteiger partial charge in [-0.2, -0.15) is 0 Å². The van der Waals surface area contributed by atoms with Crippen LogP contribution in [-0.4, -0.2) is 22.2 Å². The fourth-order valence-corrected chi connectivity index (χ4v) is 2.46. The van der Waals surface area contributed by atoms with Crippen LogP contribution in [0.15, 0.2) is 36.4 Å². The third-order valence-electron chi connectivity index (χ3n) is 3.60. The molecular formula is C19H20O5. The lowest BCUT2D eigenvalue weighted by atomic mass is 9.99. The number of aromatic hydroxyl groups is 1. The summed E-state index contributed by atoms with van der Waals surface area (Å²) in [5.74, 6) is -1.78. The largest absolute Gasteiger partial charge is 0.507 e. The molecule has 0 radical (unpaired) electrons. The van der Waals surface area contributed by atoms with E-state index in [1.54, 1.807) is 31.2 Å². The van der Waals surface area contributed by atoms with E-state index in [2.05, 4.69) is 0 Å². The zero-order valence-corrected chi connectivity index (χ0v) is 13.9. The monoisotopic (exact) mass is 328 g/mol. The van der Waals surface area contributed by atoms with E-state index < -0.39 is 11.9 Å². The van der Waals surface area contributed by atoms with E-state index in [9.17, 15) is 19.8 Å². The molecule has 2 aromatic rings. The average Bonchev–Trinajstić information content (AvgIpc) is 2.50. The highest BCUT2D eigenvalue weighted by molar-refractivity contribution is 5.97. The molecule has 2 N–H and O–H groups in total. The van der Waals surface area contributed by atoms with Gasteiger partial charge in [0.15, 0.2) is 0 Å². The maximum absolute atomic E-state index is 12.4. The molecule has 5 heteroatoms. The fourth-order valence-electron chi connectivity index (χ4n) is 2.46. The number of phenolic OH excluding ortho intramolecular Hbond substituents is 1. The number of aryl methyl sites for hydroxylation is 1. The molecule has 5 nitrogen and oxygen atoms in total. The van der Waals surface area contributed by atoms with Crippen LogP contribution in [0.1, 0.15) is 45.7 Å². The van der Waals surface area contributed by atoms with E-state index in [0.29, 0.717) is 23.5 Å². The molecule has 0 atom stereocenters. The second-order valence-corrected chi connectivity index (χ2v) is 6.06. The van der Waals surface area contributed by atoms with Crippen molar-refractivity contribution < 1.29 is 24.5 Å². The van der Waals surface area contributed by atoms with Crippen molar-refractivity contribution in [3.63, 3.8) is 0 Å². The Morgan fingerprint density at radius 2 is 1.71 bits per heavy atom. The summed E-state index contributed by atoms with van der Waals surface area (Å²) in [4.78, 5) is 23.7. The van der Waals surface area contributed by atoms with Crippen molar-refractivity contribution in [1.29, 1.82) is 0 Å². The van der Waals surface area contributed by atoms with Crippen LogP contribution < -0.4 is 4.74 Å². The molecule has 0 bridgehead atoms. The first kappa shape index (κ1) is 17.5. The van der Waals surface area contributed by atoms with Crippen molar-refractivity contribution in [2.24, 2.45) is 5.92 Å². The van der Waals surface area contributed by atoms with Crippen molar-refractivity contribution in [2.75, 3.05) is 0 Å². The van der Waals surface area contributed by atoms with Gasteiger partial charge in [0.25, 0.3) is 0 Å². The normalized spacial score (nSPS) is 10.7. The predicted molar refractivity (Wildman–Crippen MR) is 89.7 cm³/mol. The maximum Gasteiger partial charge on any atom is 0.347 e. The Morgan fingerprint density at radius 1 is 1.08 bits per heavy atom. The van der Waals surface area contributed by atoms with Crippen molar-refractivity contribution >= 4 is 11.9 Å². The lowest BCUT2D eigenvalue weighted by molar-refractivity contribution is 0.0680. The predicted octanol–water partition coefficient (Wildman–Crippen LogP) is 3.82. The van der Waals surface area contributed by atoms with Crippen molar-refractivity contribution in [3.8, 4) is 11.5 Å². The van der Waals surface area contributed by atoms with Crippen molar-refractivity contribution in [1.82, 2.24) is 0 Å². The zero-order chi connectivity index (χ0) is 17.9. The standard InChI is InChI=1S/C19H20O5/c1-11(2)10-13-7-5-8-14(16(13)20)19(23)24-17-12(3)6-4-9-15(17)18(21)22/h4-9,11,20H,10H2,1-3H3,(H,21,22). The van der Waals surface area contributed by atoms with E-state index >= 15 is 0 Å². The van der Waals surface area contributed by atoms with Crippen LogP contribution in [0.25, 0.3) is 0 Å². The number of carboxylic acid groups (broad SMARTS) is 1. The Balaban J connectivity index is 2.37. The quantitative estimate of drug-likeness (QED) is 0.644. The van der Waals surface area contributed by atoms with Gasteiger partial charge in [0, 0.05) is 0 Å². The SMILES string of the molecule is Cc1cccc(C(=O)O)c1OC(=O)c1cccc(CC(C)C)c1O. The molecule has 2 rings (SSSR count). The summed E-state index contributed by atoms with van der Waals surface area (Å²) in [6.07, 6.45) is 0.623. The van der Waals surface area contributed by atoms with Crippen molar-refractivity contribution in [3.05, 3.63) is 58.7 Å². The first-order valence-corrected chi connectivity index (χ1v) is 7.67. The van der Waals surface area contributed by atoms with Crippen LogP contribution >= 0.6 is 0 Å². The molecule has 24 heavy (non-hydrogen) atoms.